The van der Waals surface area contributed by atoms with Crippen LogP contribution in [0, 0.1) is 0 Å². The molecule has 1 fully saturated rings. The molecule has 1 aliphatic rings. The molecule has 2 atom stereocenters. The van der Waals surface area contributed by atoms with Gasteiger partial charge in [-0.05, 0) is 53.1 Å². The van der Waals surface area contributed by atoms with Crippen LogP contribution in [-0.4, -0.2) is 61.0 Å². The van der Waals surface area contributed by atoms with Crippen LogP contribution in [0.25, 0.3) is 0 Å². The second kappa shape index (κ2) is 7.10. The zero-order chi connectivity index (χ0) is 13.7. The van der Waals surface area contributed by atoms with E-state index in [1.807, 2.05) is 21.0 Å². The number of rotatable bonds is 4. The summed E-state index contributed by atoms with van der Waals surface area (Å²) in [6.07, 6.45) is 3.54. The highest BCUT2D eigenvalue weighted by Crippen LogP contribution is 2.14. The fourth-order valence-electron chi connectivity index (χ4n) is 2.61. The van der Waals surface area contributed by atoms with Gasteiger partial charge in [-0.2, -0.15) is 0 Å². The Bertz CT molecular complexity index is 266. The minimum Gasteiger partial charge on any atom is -0.347 e. The Morgan fingerprint density at radius 1 is 1.22 bits per heavy atom. The first-order valence-electron chi connectivity index (χ1n) is 7.13. The maximum Gasteiger partial charge on any atom is 0.238 e. The summed E-state index contributed by atoms with van der Waals surface area (Å²) in [6, 6.07) is 1.04. The van der Waals surface area contributed by atoms with Crippen molar-refractivity contribution in [2.75, 3.05) is 27.2 Å². The number of hydrogen-bond donors (Lipinski definition) is 1. The van der Waals surface area contributed by atoms with E-state index in [-0.39, 0.29) is 11.9 Å². The van der Waals surface area contributed by atoms with E-state index in [1.165, 1.54) is 19.4 Å². The lowest BCUT2D eigenvalue weighted by molar-refractivity contribution is -0.130. The number of hydrogen-bond acceptors (Lipinski definition) is 3. The monoisotopic (exact) mass is 255 g/mol. The number of carbonyl (C=O) groups excluding carboxylic acids is 1. The van der Waals surface area contributed by atoms with E-state index in [0.717, 1.165) is 13.0 Å². The van der Waals surface area contributed by atoms with Gasteiger partial charge in [0.25, 0.3) is 0 Å². The Morgan fingerprint density at radius 3 is 2.44 bits per heavy atom. The number of nitrogens with zero attached hydrogens (tertiary/aromatic N) is 2. The third-order valence-corrected chi connectivity index (χ3v) is 3.79. The fourth-order valence-corrected chi connectivity index (χ4v) is 2.61. The lowest BCUT2D eigenvalue weighted by Gasteiger charge is -2.25. The molecule has 18 heavy (non-hydrogen) atoms. The molecule has 1 aliphatic heterocycles. The minimum atomic E-state index is -0.0735. The van der Waals surface area contributed by atoms with E-state index in [2.05, 4.69) is 24.1 Å². The van der Waals surface area contributed by atoms with Crippen LogP contribution in [0.4, 0.5) is 0 Å². The normalized spacial score (nSPS) is 23.8. The van der Waals surface area contributed by atoms with Gasteiger partial charge in [0.2, 0.25) is 5.91 Å². The molecule has 0 spiro atoms. The standard InChI is InChI=1S/C14H29N3O/c1-11(2)17-9-6-7-13(8-10-17)15-12(3)14(18)16(4)5/h11-13,15H,6-10H2,1-5H3. The average molecular weight is 255 g/mol. The quantitative estimate of drug-likeness (QED) is 0.823. The highest BCUT2D eigenvalue weighted by Gasteiger charge is 2.22. The molecule has 1 heterocycles. The second-order valence-electron chi connectivity index (χ2n) is 5.88. The van der Waals surface area contributed by atoms with Gasteiger partial charge in [0.1, 0.15) is 0 Å². The number of amides is 1. The summed E-state index contributed by atoms with van der Waals surface area (Å²) < 4.78 is 0. The zero-order valence-corrected chi connectivity index (χ0v) is 12.6. The molecule has 4 nitrogen and oxygen atoms in total. The Hall–Kier alpha value is -0.610. The fraction of sp³-hybridized carbons (Fsp3) is 0.929. The molecule has 0 saturated carbocycles. The zero-order valence-electron chi connectivity index (χ0n) is 12.6. The molecular formula is C14H29N3O. The molecule has 0 bridgehead atoms. The molecule has 1 N–H and O–H groups in total. The smallest absolute Gasteiger partial charge is 0.238 e. The average Bonchev–Trinajstić information content (AvgIpc) is 2.53. The van der Waals surface area contributed by atoms with Crippen molar-refractivity contribution in [2.24, 2.45) is 0 Å². The first-order chi connectivity index (χ1) is 8.41. The van der Waals surface area contributed by atoms with E-state index >= 15 is 0 Å². The molecule has 2 unspecified atom stereocenters. The van der Waals surface area contributed by atoms with Gasteiger partial charge >= 0.3 is 0 Å². The van der Waals surface area contributed by atoms with Gasteiger partial charge in [-0.25, -0.2) is 0 Å². The second-order valence-corrected chi connectivity index (χ2v) is 5.88. The topological polar surface area (TPSA) is 35.6 Å². The van der Waals surface area contributed by atoms with Crippen molar-refractivity contribution < 1.29 is 4.79 Å². The molecule has 0 radical (unpaired) electrons. The van der Waals surface area contributed by atoms with E-state index < -0.39 is 0 Å². The third kappa shape index (κ3) is 4.58. The number of likely N-dealkylation sites (N-methyl/N-ethyl adjacent to an activating group) is 1. The SMILES string of the molecule is CC(NC1CCCN(C(C)C)CC1)C(=O)N(C)C. The van der Waals surface area contributed by atoms with Crippen LogP contribution in [0.5, 0.6) is 0 Å². The van der Waals surface area contributed by atoms with Gasteiger partial charge in [-0.1, -0.05) is 0 Å². The largest absolute Gasteiger partial charge is 0.347 e. The van der Waals surface area contributed by atoms with Crippen LogP contribution < -0.4 is 5.32 Å². The Labute approximate surface area is 112 Å². The molecule has 1 amide bonds. The van der Waals surface area contributed by atoms with Crippen LogP contribution in [0.15, 0.2) is 0 Å². The Morgan fingerprint density at radius 2 is 1.89 bits per heavy atom. The Kier molecular flexibility index (Phi) is 6.09. The summed E-state index contributed by atoms with van der Waals surface area (Å²) in [5, 5.41) is 3.48. The van der Waals surface area contributed by atoms with Crippen molar-refractivity contribution in [1.29, 1.82) is 0 Å². The van der Waals surface area contributed by atoms with Crippen LogP contribution in [0.3, 0.4) is 0 Å². The first-order valence-corrected chi connectivity index (χ1v) is 7.13. The molecule has 0 aliphatic carbocycles. The summed E-state index contributed by atoms with van der Waals surface area (Å²) >= 11 is 0. The molecule has 4 heteroatoms. The van der Waals surface area contributed by atoms with Crippen molar-refractivity contribution in [1.82, 2.24) is 15.1 Å². The van der Waals surface area contributed by atoms with Crippen LogP contribution in [-0.2, 0) is 4.79 Å². The summed E-state index contributed by atoms with van der Waals surface area (Å²) in [4.78, 5) is 16.0. The summed E-state index contributed by atoms with van der Waals surface area (Å²) in [5.41, 5.74) is 0. The molecule has 0 aromatic carbocycles. The lowest BCUT2D eigenvalue weighted by Crippen LogP contribution is -2.46. The van der Waals surface area contributed by atoms with E-state index in [9.17, 15) is 4.79 Å². The summed E-state index contributed by atoms with van der Waals surface area (Å²) in [5.74, 6) is 0.167. The van der Waals surface area contributed by atoms with Gasteiger partial charge in [0, 0.05) is 26.2 Å². The van der Waals surface area contributed by atoms with Crippen LogP contribution in [0.1, 0.15) is 40.0 Å². The van der Waals surface area contributed by atoms with Gasteiger partial charge in [0.05, 0.1) is 6.04 Å². The van der Waals surface area contributed by atoms with Crippen molar-refractivity contribution in [3.63, 3.8) is 0 Å². The molecule has 1 saturated heterocycles. The lowest BCUT2D eigenvalue weighted by atomic mass is 10.1. The van der Waals surface area contributed by atoms with Gasteiger partial charge in [0.15, 0.2) is 0 Å². The molecule has 106 valence electrons. The highest BCUT2D eigenvalue weighted by atomic mass is 16.2. The predicted octanol–water partition coefficient (Wildman–Crippen LogP) is 1.32. The van der Waals surface area contributed by atoms with Crippen molar-refractivity contribution in [2.45, 2.75) is 58.2 Å². The first kappa shape index (κ1) is 15.4. The van der Waals surface area contributed by atoms with Gasteiger partial charge < -0.3 is 15.1 Å². The minimum absolute atomic E-state index is 0.0735. The van der Waals surface area contributed by atoms with Crippen molar-refractivity contribution >= 4 is 5.91 Å². The highest BCUT2D eigenvalue weighted by molar-refractivity contribution is 5.80. The Balaban J connectivity index is 2.42. The van der Waals surface area contributed by atoms with Crippen LogP contribution in [0.2, 0.25) is 0 Å². The van der Waals surface area contributed by atoms with Gasteiger partial charge in [-0.3, -0.25) is 4.79 Å². The summed E-state index contributed by atoms with van der Waals surface area (Å²) in [7, 11) is 3.63. The third-order valence-electron chi connectivity index (χ3n) is 3.79. The summed E-state index contributed by atoms with van der Waals surface area (Å²) in [6.45, 7) is 8.80. The van der Waals surface area contributed by atoms with Crippen LogP contribution >= 0.6 is 0 Å². The van der Waals surface area contributed by atoms with E-state index in [4.69, 9.17) is 0 Å². The number of likely N-dealkylation sites (tertiary alicyclic amines) is 1. The molecule has 1 rings (SSSR count). The maximum atomic E-state index is 11.8. The maximum absolute atomic E-state index is 11.8. The molecular weight excluding hydrogens is 226 g/mol. The van der Waals surface area contributed by atoms with E-state index in [1.54, 1.807) is 4.90 Å². The predicted molar refractivity (Wildman–Crippen MR) is 75.6 cm³/mol. The number of nitrogens with one attached hydrogen (secondary N) is 1. The van der Waals surface area contributed by atoms with Gasteiger partial charge in [-0.15, -0.1) is 0 Å². The van der Waals surface area contributed by atoms with Crippen molar-refractivity contribution in [3.8, 4) is 0 Å². The van der Waals surface area contributed by atoms with Crippen molar-refractivity contribution in [3.05, 3.63) is 0 Å². The van der Waals surface area contributed by atoms with E-state index in [0.29, 0.717) is 12.1 Å². The number of carbonyl (C=O) groups is 1. The molecule has 0 aromatic rings. The molecule has 0 aromatic heterocycles.